The van der Waals surface area contributed by atoms with Crippen molar-refractivity contribution in [1.82, 2.24) is 4.90 Å². The lowest BCUT2D eigenvalue weighted by molar-refractivity contribution is 0.166. The Bertz CT molecular complexity index is 121. The largest absolute Gasteiger partial charge is 0.300 e. The highest BCUT2D eigenvalue weighted by atomic mass is 35.5. The van der Waals surface area contributed by atoms with E-state index in [1.807, 2.05) is 0 Å². The summed E-state index contributed by atoms with van der Waals surface area (Å²) < 4.78 is 0. The van der Waals surface area contributed by atoms with Crippen LogP contribution < -0.4 is 0 Å². The molecule has 14 heavy (non-hydrogen) atoms. The smallest absolute Gasteiger partial charge is 0.0235 e. The average molecular weight is 220 g/mol. The van der Waals surface area contributed by atoms with Crippen LogP contribution in [0.25, 0.3) is 0 Å². The molecule has 0 N–H and O–H groups in total. The molecule has 0 fully saturated rings. The van der Waals surface area contributed by atoms with Gasteiger partial charge in [-0.2, -0.15) is 0 Å². The van der Waals surface area contributed by atoms with E-state index in [0.717, 1.165) is 30.8 Å². The molecule has 0 heterocycles. The average Bonchev–Trinajstić information content (AvgIpc) is 2.15. The van der Waals surface area contributed by atoms with Gasteiger partial charge in [0.05, 0.1) is 0 Å². The summed E-state index contributed by atoms with van der Waals surface area (Å²) in [5.74, 6) is 1.54. The molecule has 0 aliphatic carbocycles. The molecule has 0 atom stereocenters. The Morgan fingerprint density at radius 2 is 1.71 bits per heavy atom. The molecule has 86 valence electrons. The van der Waals surface area contributed by atoms with Crippen molar-refractivity contribution in [2.75, 3.05) is 19.0 Å². The summed E-state index contributed by atoms with van der Waals surface area (Å²) in [7, 11) is 0. The number of hydrogen-bond acceptors (Lipinski definition) is 1. The third-order valence-electron chi connectivity index (χ3n) is 2.64. The minimum atomic E-state index is 0.751. The van der Waals surface area contributed by atoms with Crippen LogP contribution in [-0.2, 0) is 0 Å². The van der Waals surface area contributed by atoms with Crippen molar-refractivity contribution in [3.05, 3.63) is 0 Å². The lowest BCUT2D eigenvalue weighted by atomic mass is 10.1. The minimum absolute atomic E-state index is 0.751. The molecular weight excluding hydrogens is 194 g/mol. The van der Waals surface area contributed by atoms with Gasteiger partial charge in [-0.15, -0.1) is 11.6 Å². The maximum atomic E-state index is 5.75. The summed E-state index contributed by atoms with van der Waals surface area (Å²) in [6.45, 7) is 11.5. The van der Waals surface area contributed by atoms with Crippen LogP contribution in [0.1, 0.15) is 47.0 Å². The number of alkyl halides is 1. The standard InChI is InChI=1S/C12H26ClN/c1-5-12(6-2)14(9-7-8-13)10-11(3)4/h11-12H,5-10H2,1-4H3. The lowest BCUT2D eigenvalue weighted by Gasteiger charge is -2.31. The normalized spacial score (nSPS) is 12.0. The van der Waals surface area contributed by atoms with E-state index in [9.17, 15) is 0 Å². The van der Waals surface area contributed by atoms with Gasteiger partial charge in [0.1, 0.15) is 0 Å². The van der Waals surface area contributed by atoms with Crippen LogP contribution in [-0.4, -0.2) is 29.9 Å². The van der Waals surface area contributed by atoms with Crippen molar-refractivity contribution in [3.63, 3.8) is 0 Å². The number of rotatable bonds is 8. The van der Waals surface area contributed by atoms with E-state index in [1.54, 1.807) is 0 Å². The molecule has 0 unspecified atom stereocenters. The van der Waals surface area contributed by atoms with Gasteiger partial charge in [-0.3, -0.25) is 0 Å². The molecule has 0 aromatic carbocycles. The highest BCUT2D eigenvalue weighted by Crippen LogP contribution is 2.12. The minimum Gasteiger partial charge on any atom is -0.300 e. The van der Waals surface area contributed by atoms with Gasteiger partial charge in [0.15, 0.2) is 0 Å². The summed E-state index contributed by atoms with van der Waals surface area (Å²) in [6, 6.07) is 0.751. The van der Waals surface area contributed by atoms with Crippen molar-refractivity contribution in [2.24, 2.45) is 5.92 Å². The van der Waals surface area contributed by atoms with Crippen LogP contribution in [0.5, 0.6) is 0 Å². The molecule has 0 saturated heterocycles. The van der Waals surface area contributed by atoms with Gasteiger partial charge in [0.25, 0.3) is 0 Å². The van der Waals surface area contributed by atoms with Crippen molar-refractivity contribution in [3.8, 4) is 0 Å². The second-order valence-corrected chi connectivity index (χ2v) is 4.78. The fraction of sp³-hybridized carbons (Fsp3) is 1.00. The van der Waals surface area contributed by atoms with Crippen LogP contribution in [0.4, 0.5) is 0 Å². The Morgan fingerprint density at radius 1 is 1.14 bits per heavy atom. The first-order valence-electron chi connectivity index (χ1n) is 5.95. The van der Waals surface area contributed by atoms with Crippen molar-refractivity contribution in [1.29, 1.82) is 0 Å². The van der Waals surface area contributed by atoms with Crippen LogP contribution in [0.3, 0.4) is 0 Å². The SMILES string of the molecule is CCC(CC)N(CCCCl)CC(C)C. The zero-order valence-corrected chi connectivity index (χ0v) is 11.0. The Hall–Kier alpha value is 0.250. The molecule has 0 aliphatic heterocycles. The first-order chi connectivity index (χ1) is 6.65. The van der Waals surface area contributed by atoms with E-state index in [1.165, 1.54) is 19.4 Å². The van der Waals surface area contributed by atoms with E-state index >= 15 is 0 Å². The molecular formula is C12H26ClN. The first-order valence-corrected chi connectivity index (χ1v) is 6.49. The molecule has 2 heteroatoms. The van der Waals surface area contributed by atoms with Crippen LogP contribution in [0, 0.1) is 5.92 Å². The number of halogens is 1. The zero-order chi connectivity index (χ0) is 11.0. The predicted molar refractivity (Wildman–Crippen MR) is 66.1 cm³/mol. The van der Waals surface area contributed by atoms with Crippen LogP contribution in [0.2, 0.25) is 0 Å². The fourth-order valence-corrected chi connectivity index (χ4v) is 2.08. The Morgan fingerprint density at radius 3 is 2.07 bits per heavy atom. The summed E-state index contributed by atoms with van der Waals surface area (Å²) in [5, 5.41) is 0. The van der Waals surface area contributed by atoms with Crippen molar-refractivity contribution < 1.29 is 0 Å². The van der Waals surface area contributed by atoms with Gasteiger partial charge in [-0.25, -0.2) is 0 Å². The Labute approximate surface area is 94.8 Å². The molecule has 0 spiro atoms. The second-order valence-electron chi connectivity index (χ2n) is 4.40. The molecule has 0 rings (SSSR count). The highest BCUT2D eigenvalue weighted by molar-refractivity contribution is 6.17. The molecule has 0 radical (unpaired) electrons. The maximum Gasteiger partial charge on any atom is 0.0235 e. The van der Waals surface area contributed by atoms with E-state index in [0.29, 0.717) is 0 Å². The molecule has 0 saturated carbocycles. The quantitative estimate of drug-likeness (QED) is 0.562. The fourth-order valence-electron chi connectivity index (χ4n) is 1.96. The van der Waals surface area contributed by atoms with Crippen molar-refractivity contribution in [2.45, 2.75) is 53.0 Å². The monoisotopic (exact) mass is 219 g/mol. The summed E-state index contributed by atoms with van der Waals surface area (Å²) in [5.41, 5.74) is 0. The number of nitrogens with zero attached hydrogens (tertiary/aromatic N) is 1. The van der Waals surface area contributed by atoms with Crippen molar-refractivity contribution >= 4 is 11.6 Å². The zero-order valence-electron chi connectivity index (χ0n) is 10.2. The van der Waals surface area contributed by atoms with Gasteiger partial charge >= 0.3 is 0 Å². The topological polar surface area (TPSA) is 3.24 Å². The van der Waals surface area contributed by atoms with Gasteiger partial charge in [0.2, 0.25) is 0 Å². The van der Waals surface area contributed by atoms with Gasteiger partial charge in [0, 0.05) is 18.5 Å². The maximum absolute atomic E-state index is 5.75. The van der Waals surface area contributed by atoms with E-state index in [4.69, 9.17) is 11.6 Å². The summed E-state index contributed by atoms with van der Waals surface area (Å²) >= 11 is 5.75. The number of hydrogen-bond donors (Lipinski definition) is 0. The van der Waals surface area contributed by atoms with Crippen LogP contribution >= 0.6 is 11.6 Å². The molecule has 0 amide bonds. The summed E-state index contributed by atoms with van der Waals surface area (Å²) in [6.07, 6.45) is 3.63. The third kappa shape index (κ3) is 5.87. The van der Waals surface area contributed by atoms with E-state index in [-0.39, 0.29) is 0 Å². The molecule has 0 bridgehead atoms. The summed E-state index contributed by atoms with van der Waals surface area (Å²) in [4.78, 5) is 2.60. The highest BCUT2D eigenvalue weighted by Gasteiger charge is 2.15. The van der Waals surface area contributed by atoms with Gasteiger partial charge < -0.3 is 4.90 Å². The lowest BCUT2D eigenvalue weighted by Crippen LogP contribution is -2.38. The van der Waals surface area contributed by atoms with E-state index in [2.05, 4.69) is 32.6 Å². The van der Waals surface area contributed by atoms with Gasteiger partial charge in [-0.1, -0.05) is 27.7 Å². The molecule has 1 nitrogen and oxygen atoms in total. The third-order valence-corrected chi connectivity index (χ3v) is 2.90. The second kappa shape index (κ2) is 8.55. The molecule has 0 aromatic heterocycles. The van der Waals surface area contributed by atoms with E-state index < -0.39 is 0 Å². The Balaban J connectivity index is 4.06. The predicted octanol–water partition coefficient (Wildman–Crippen LogP) is 3.76. The van der Waals surface area contributed by atoms with Crippen LogP contribution in [0.15, 0.2) is 0 Å². The molecule has 0 aromatic rings. The first kappa shape index (κ1) is 14.2. The van der Waals surface area contributed by atoms with Gasteiger partial charge in [-0.05, 0) is 31.7 Å². The molecule has 0 aliphatic rings. The Kier molecular flexibility index (Phi) is 8.70.